The van der Waals surface area contributed by atoms with E-state index in [1.807, 2.05) is 36.4 Å². The third-order valence-electron chi connectivity index (χ3n) is 4.40. The number of anilines is 1. The third-order valence-corrected chi connectivity index (χ3v) is 4.40. The zero-order valence-electron chi connectivity index (χ0n) is 13.4. The molecule has 2 aliphatic rings. The Labute approximate surface area is 145 Å². The average Bonchev–Trinajstić information content (AvgIpc) is 2.67. The van der Waals surface area contributed by atoms with Crippen LogP contribution in [0.2, 0.25) is 0 Å². The number of benzene rings is 1. The molecule has 0 bridgehead atoms. The van der Waals surface area contributed by atoms with Crippen molar-refractivity contribution >= 4 is 5.82 Å². The van der Waals surface area contributed by atoms with E-state index in [2.05, 4.69) is 10.3 Å². The summed E-state index contributed by atoms with van der Waals surface area (Å²) >= 11 is 0. The van der Waals surface area contributed by atoms with Gasteiger partial charge in [0.05, 0.1) is 6.61 Å². The first kappa shape index (κ1) is 16.4. The maximum Gasteiger partial charge on any atom is 0.184 e. The lowest BCUT2D eigenvalue weighted by Gasteiger charge is -2.46. The molecule has 0 aliphatic carbocycles. The molecule has 4 rings (SSSR count). The van der Waals surface area contributed by atoms with Gasteiger partial charge in [-0.05, 0) is 12.1 Å². The third kappa shape index (κ3) is 3.37. The molecule has 0 radical (unpaired) electrons. The fourth-order valence-electron chi connectivity index (χ4n) is 3.10. The highest BCUT2D eigenvalue weighted by Gasteiger charge is 2.48. The standard InChI is InChI=1S/C18H20N2O5/c21-14-15(22)17(20-13-8-4-5-9-19-13)24-12-10-23-18(25-16(12)14)11-6-2-1-3-7-11/h1-9,12,14-18,21-22H,10H2,(H,19,20)/t12-,14-,15-,16-,17-,18?/m1/s1. The maximum absolute atomic E-state index is 10.5. The summed E-state index contributed by atoms with van der Waals surface area (Å²) in [7, 11) is 0. The number of hydrogen-bond donors (Lipinski definition) is 3. The number of ether oxygens (including phenoxy) is 3. The van der Waals surface area contributed by atoms with E-state index >= 15 is 0 Å². The zero-order chi connectivity index (χ0) is 17.2. The molecule has 2 aliphatic heterocycles. The van der Waals surface area contributed by atoms with E-state index in [9.17, 15) is 10.2 Å². The van der Waals surface area contributed by atoms with Gasteiger partial charge in [0.2, 0.25) is 0 Å². The van der Waals surface area contributed by atoms with Crippen LogP contribution < -0.4 is 5.32 Å². The van der Waals surface area contributed by atoms with Crippen molar-refractivity contribution in [2.45, 2.75) is 36.9 Å². The second-order valence-corrected chi connectivity index (χ2v) is 6.11. The molecule has 2 aromatic rings. The molecule has 0 amide bonds. The molecule has 1 unspecified atom stereocenters. The summed E-state index contributed by atoms with van der Waals surface area (Å²) in [6.45, 7) is 0.258. The molecular formula is C18H20N2O5. The first-order chi connectivity index (χ1) is 12.2. The molecule has 0 spiro atoms. The van der Waals surface area contributed by atoms with Gasteiger partial charge in [-0.15, -0.1) is 0 Å². The van der Waals surface area contributed by atoms with Gasteiger partial charge in [-0.2, -0.15) is 0 Å². The van der Waals surface area contributed by atoms with Gasteiger partial charge >= 0.3 is 0 Å². The van der Waals surface area contributed by atoms with E-state index in [4.69, 9.17) is 14.2 Å². The number of hydrogen-bond acceptors (Lipinski definition) is 7. The van der Waals surface area contributed by atoms with Gasteiger partial charge in [0, 0.05) is 11.8 Å². The predicted octanol–water partition coefficient (Wildman–Crippen LogP) is 1.05. The van der Waals surface area contributed by atoms with Gasteiger partial charge in [-0.1, -0.05) is 36.4 Å². The van der Waals surface area contributed by atoms with Crippen molar-refractivity contribution in [3.05, 3.63) is 60.3 Å². The smallest absolute Gasteiger partial charge is 0.184 e. The Hall–Kier alpha value is -2.03. The number of fused-ring (bicyclic) bond motifs is 1. The van der Waals surface area contributed by atoms with E-state index in [1.54, 1.807) is 18.3 Å². The lowest BCUT2D eigenvalue weighted by molar-refractivity contribution is -0.325. The molecule has 7 heteroatoms. The van der Waals surface area contributed by atoms with Gasteiger partial charge in [0.15, 0.2) is 12.5 Å². The van der Waals surface area contributed by atoms with Crippen LogP contribution >= 0.6 is 0 Å². The van der Waals surface area contributed by atoms with E-state index in [0.717, 1.165) is 5.56 Å². The second-order valence-electron chi connectivity index (χ2n) is 6.11. The molecule has 0 saturated carbocycles. The molecule has 2 fully saturated rings. The maximum atomic E-state index is 10.5. The van der Waals surface area contributed by atoms with Crippen molar-refractivity contribution in [1.82, 2.24) is 4.98 Å². The summed E-state index contributed by atoms with van der Waals surface area (Å²) in [4.78, 5) is 4.14. The van der Waals surface area contributed by atoms with E-state index < -0.39 is 36.9 Å². The summed E-state index contributed by atoms with van der Waals surface area (Å²) in [6, 6.07) is 14.8. The molecule has 1 aromatic carbocycles. The van der Waals surface area contributed by atoms with Gasteiger partial charge in [-0.3, -0.25) is 0 Å². The molecule has 3 heterocycles. The number of nitrogens with one attached hydrogen (secondary N) is 1. The van der Waals surface area contributed by atoms with Gasteiger partial charge in [0.25, 0.3) is 0 Å². The Morgan fingerprint density at radius 3 is 2.52 bits per heavy atom. The van der Waals surface area contributed by atoms with Crippen LogP contribution in [0.25, 0.3) is 0 Å². The number of aliphatic hydroxyl groups excluding tert-OH is 2. The monoisotopic (exact) mass is 344 g/mol. The second kappa shape index (κ2) is 7.07. The minimum Gasteiger partial charge on any atom is -0.387 e. The Kier molecular flexibility index (Phi) is 4.65. The number of aromatic nitrogens is 1. The number of nitrogens with zero attached hydrogens (tertiary/aromatic N) is 1. The number of pyridine rings is 1. The van der Waals surface area contributed by atoms with Crippen LogP contribution in [0.3, 0.4) is 0 Å². The fraction of sp³-hybridized carbons (Fsp3) is 0.389. The van der Waals surface area contributed by atoms with Gasteiger partial charge < -0.3 is 29.7 Å². The van der Waals surface area contributed by atoms with Gasteiger partial charge in [-0.25, -0.2) is 4.98 Å². The molecular weight excluding hydrogens is 324 g/mol. The molecule has 132 valence electrons. The Morgan fingerprint density at radius 1 is 0.960 bits per heavy atom. The number of aliphatic hydroxyl groups is 2. The van der Waals surface area contributed by atoms with Crippen LogP contribution in [-0.4, -0.2) is 52.4 Å². The highest BCUT2D eigenvalue weighted by Crippen LogP contribution is 2.34. The van der Waals surface area contributed by atoms with Gasteiger partial charge in [0.1, 0.15) is 30.2 Å². The minimum absolute atomic E-state index is 0.258. The lowest BCUT2D eigenvalue weighted by Crippen LogP contribution is -2.63. The molecule has 1 aromatic heterocycles. The first-order valence-electron chi connectivity index (χ1n) is 8.23. The summed E-state index contributed by atoms with van der Waals surface area (Å²) in [6.07, 6.45) is -3.17. The van der Waals surface area contributed by atoms with Crippen LogP contribution in [-0.2, 0) is 14.2 Å². The van der Waals surface area contributed by atoms with Crippen molar-refractivity contribution < 1.29 is 24.4 Å². The zero-order valence-corrected chi connectivity index (χ0v) is 13.4. The highest BCUT2D eigenvalue weighted by atomic mass is 16.7. The largest absolute Gasteiger partial charge is 0.387 e. The van der Waals surface area contributed by atoms with Crippen LogP contribution in [0.1, 0.15) is 11.9 Å². The minimum atomic E-state index is -1.15. The Balaban J connectivity index is 1.46. The van der Waals surface area contributed by atoms with E-state index in [-0.39, 0.29) is 6.61 Å². The number of rotatable bonds is 3. The van der Waals surface area contributed by atoms with Crippen molar-refractivity contribution in [3.63, 3.8) is 0 Å². The SMILES string of the molecule is O[C@@H]1[C@@H](O)[C@H](Nc2ccccn2)O[C@@H]2COC(c3ccccc3)O[C@@H]12. The molecule has 25 heavy (non-hydrogen) atoms. The molecule has 3 N–H and O–H groups in total. The Bertz CT molecular complexity index is 684. The average molecular weight is 344 g/mol. The van der Waals surface area contributed by atoms with Crippen LogP contribution in [0.15, 0.2) is 54.7 Å². The first-order valence-corrected chi connectivity index (χ1v) is 8.23. The Morgan fingerprint density at radius 2 is 1.76 bits per heavy atom. The van der Waals surface area contributed by atoms with Crippen LogP contribution in [0, 0.1) is 0 Å². The molecule has 2 saturated heterocycles. The molecule has 7 nitrogen and oxygen atoms in total. The molecule has 6 atom stereocenters. The fourth-order valence-corrected chi connectivity index (χ4v) is 3.10. The predicted molar refractivity (Wildman–Crippen MR) is 88.5 cm³/mol. The van der Waals surface area contributed by atoms with E-state index in [0.29, 0.717) is 5.82 Å². The van der Waals surface area contributed by atoms with Crippen molar-refractivity contribution in [2.24, 2.45) is 0 Å². The lowest BCUT2D eigenvalue weighted by atomic mass is 9.97. The van der Waals surface area contributed by atoms with Crippen molar-refractivity contribution in [2.75, 3.05) is 11.9 Å². The quantitative estimate of drug-likeness (QED) is 0.766. The summed E-state index contributed by atoms with van der Waals surface area (Å²) in [5, 5.41) is 23.9. The summed E-state index contributed by atoms with van der Waals surface area (Å²) in [5.74, 6) is 0.553. The van der Waals surface area contributed by atoms with Crippen molar-refractivity contribution in [1.29, 1.82) is 0 Å². The normalized spacial score (nSPS) is 35.0. The summed E-state index contributed by atoms with van der Waals surface area (Å²) in [5.41, 5.74) is 0.858. The van der Waals surface area contributed by atoms with E-state index in [1.165, 1.54) is 0 Å². The van der Waals surface area contributed by atoms with Crippen molar-refractivity contribution in [3.8, 4) is 0 Å². The van der Waals surface area contributed by atoms with Crippen LogP contribution in [0.5, 0.6) is 0 Å². The van der Waals surface area contributed by atoms with Crippen LogP contribution in [0.4, 0.5) is 5.82 Å². The topological polar surface area (TPSA) is 93.1 Å². The highest BCUT2D eigenvalue weighted by molar-refractivity contribution is 5.34. The summed E-state index contributed by atoms with van der Waals surface area (Å²) < 4.78 is 17.4.